The average molecular weight is 387 g/mol. The molecule has 6 atom stereocenters. The summed E-state index contributed by atoms with van der Waals surface area (Å²) in [6.45, 7) is 7.14. The van der Waals surface area contributed by atoms with Crippen molar-refractivity contribution in [1.29, 1.82) is 0 Å². The van der Waals surface area contributed by atoms with Crippen molar-refractivity contribution in [1.82, 2.24) is 0 Å². The quantitative estimate of drug-likeness (QED) is 0.685. The minimum Gasteiger partial charge on any atom is -0.431 e. The molecule has 1 N–H and O–H groups in total. The molecule has 1 aromatic heterocycles. The van der Waals surface area contributed by atoms with E-state index in [9.17, 15) is 9.90 Å². The average Bonchev–Trinajstić information content (AvgIpc) is 3.01. The van der Waals surface area contributed by atoms with E-state index in [0.29, 0.717) is 17.3 Å². The van der Waals surface area contributed by atoms with Gasteiger partial charge in [-0.1, -0.05) is 40.0 Å². The molecule has 3 fully saturated rings. The summed E-state index contributed by atoms with van der Waals surface area (Å²) >= 11 is 0. The molecule has 156 valence electrons. The molecule has 0 spiro atoms. The molecule has 0 radical (unpaired) electrons. The second-order valence-electron chi connectivity index (χ2n) is 10.3. The van der Waals surface area contributed by atoms with Crippen LogP contribution in [0.25, 0.3) is 0 Å². The first kappa shape index (κ1) is 20.2. The minimum absolute atomic E-state index is 0.0733. The second kappa shape index (κ2) is 7.31. The van der Waals surface area contributed by atoms with Crippen molar-refractivity contribution in [3.63, 3.8) is 0 Å². The first-order chi connectivity index (χ1) is 13.4. The van der Waals surface area contributed by atoms with Crippen LogP contribution in [0.4, 0.5) is 0 Å². The summed E-state index contributed by atoms with van der Waals surface area (Å²) in [5.74, 6) is 1.74. The molecule has 1 aromatic rings. The smallest absolute Gasteiger partial charge is 0.335 e. The summed E-state index contributed by atoms with van der Waals surface area (Å²) in [6, 6.07) is 3.47. The lowest BCUT2D eigenvalue weighted by Gasteiger charge is -2.57. The monoisotopic (exact) mass is 386 g/mol. The van der Waals surface area contributed by atoms with Gasteiger partial charge in [0.2, 0.25) is 0 Å². The van der Waals surface area contributed by atoms with Crippen molar-refractivity contribution >= 4 is 0 Å². The summed E-state index contributed by atoms with van der Waals surface area (Å²) in [4.78, 5) is 11.4. The van der Waals surface area contributed by atoms with Gasteiger partial charge in [0.15, 0.2) is 0 Å². The highest BCUT2D eigenvalue weighted by molar-refractivity contribution is 5.25. The number of rotatable bonds is 4. The molecule has 3 aliphatic rings. The Bertz CT molecular complexity index is 734. The molecular formula is C25H38O3. The molecular weight excluding hydrogens is 348 g/mol. The molecule has 0 amide bonds. The molecule has 3 aliphatic carbocycles. The van der Waals surface area contributed by atoms with E-state index in [4.69, 9.17) is 4.42 Å². The third-order valence-electron chi connectivity index (χ3n) is 9.60. The van der Waals surface area contributed by atoms with Gasteiger partial charge in [-0.3, -0.25) is 0 Å². The van der Waals surface area contributed by atoms with Gasteiger partial charge in [-0.05, 0) is 86.2 Å². The summed E-state index contributed by atoms with van der Waals surface area (Å²) in [6.07, 6.45) is 14.5. The van der Waals surface area contributed by atoms with Crippen molar-refractivity contribution in [2.75, 3.05) is 0 Å². The standard InChI is InChI=1S/C25H38O3/c1-4-19-8-6-7-13-23(19,3)20-11-14-24(5-2)21(12-15-25(24,27)16-20)18-9-10-22(26)28-17-18/h9-10,17,19-21,27H,4-8,11-16H2,1-3H3. The maximum atomic E-state index is 12.0. The summed E-state index contributed by atoms with van der Waals surface area (Å²) < 4.78 is 5.20. The lowest BCUT2D eigenvalue weighted by atomic mass is 9.50. The Morgan fingerprint density at radius 3 is 2.61 bits per heavy atom. The zero-order valence-corrected chi connectivity index (χ0v) is 18.0. The Hall–Kier alpha value is -1.09. The van der Waals surface area contributed by atoms with E-state index in [2.05, 4.69) is 20.8 Å². The van der Waals surface area contributed by atoms with E-state index in [1.807, 2.05) is 6.07 Å². The van der Waals surface area contributed by atoms with Crippen molar-refractivity contribution in [2.45, 2.75) is 103 Å². The van der Waals surface area contributed by atoms with Gasteiger partial charge in [-0.25, -0.2) is 4.79 Å². The topological polar surface area (TPSA) is 50.4 Å². The van der Waals surface area contributed by atoms with Crippen LogP contribution in [-0.2, 0) is 0 Å². The van der Waals surface area contributed by atoms with Crippen LogP contribution in [0.3, 0.4) is 0 Å². The Kier molecular flexibility index (Phi) is 5.27. The van der Waals surface area contributed by atoms with Gasteiger partial charge < -0.3 is 9.52 Å². The van der Waals surface area contributed by atoms with Crippen molar-refractivity contribution in [2.24, 2.45) is 22.7 Å². The maximum Gasteiger partial charge on any atom is 0.335 e. The van der Waals surface area contributed by atoms with E-state index in [-0.39, 0.29) is 11.0 Å². The van der Waals surface area contributed by atoms with Gasteiger partial charge in [0.25, 0.3) is 0 Å². The predicted octanol–water partition coefficient (Wildman–Crippen LogP) is 6.05. The first-order valence-corrected chi connectivity index (χ1v) is 11.7. The number of aliphatic hydroxyl groups is 1. The first-order valence-electron chi connectivity index (χ1n) is 11.7. The van der Waals surface area contributed by atoms with Gasteiger partial charge in [-0.15, -0.1) is 0 Å². The van der Waals surface area contributed by atoms with Crippen LogP contribution in [0.1, 0.15) is 103 Å². The van der Waals surface area contributed by atoms with E-state index in [1.54, 1.807) is 6.26 Å². The molecule has 6 unspecified atom stereocenters. The number of fused-ring (bicyclic) bond motifs is 1. The van der Waals surface area contributed by atoms with Crippen LogP contribution in [-0.4, -0.2) is 10.7 Å². The molecule has 28 heavy (non-hydrogen) atoms. The molecule has 3 saturated carbocycles. The minimum atomic E-state index is -0.579. The van der Waals surface area contributed by atoms with E-state index in [0.717, 1.165) is 43.6 Å². The predicted molar refractivity (Wildman–Crippen MR) is 112 cm³/mol. The van der Waals surface area contributed by atoms with Crippen molar-refractivity contribution < 1.29 is 9.52 Å². The molecule has 0 bridgehead atoms. The van der Waals surface area contributed by atoms with Crippen LogP contribution < -0.4 is 5.63 Å². The van der Waals surface area contributed by atoms with Gasteiger partial charge in [0, 0.05) is 11.5 Å². The lowest BCUT2D eigenvalue weighted by molar-refractivity contribution is -0.143. The third-order valence-corrected chi connectivity index (χ3v) is 9.60. The Balaban J connectivity index is 1.63. The fourth-order valence-electron chi connectivity index (χ4n) is 7.89. The SMILES string of the molecule is CCC1CCCCC1(C)C1CCC2(CC)C(c3ccc(=O)oc3)CCC2(O)C1. The normalized spacial score (nSPS) is 43.6. The number of hydrogen-bond donors (Lipinski definition) is 1. The molecule has 0 aliphatic heterocycles. The zero-order chi connectivity index (χ0) is 20.0. The van der Waals surface area contributed by atoms with E-state index < -0.39 is 5.60 Å². The van der Waals surface area contributed by atoms with E-state index in [1.165, 1.54) is 44.6 Å². The maximum absolute atomic E-state index is 12.0. The van der Waals surface area contributed by atoms with Gasteiger partial charge in [0.1, 0.15) is 0 Å². The third kappa shape index (κ3) is 2.91. The molecule has 4 rings (SSSR count). The Morgan fingerprint density at radius 1 is 1.11 bits per heavy atom. The Morgan fingerprint density at radius 2 is 1.93 bits per heavy atom. The highest BCUT2D eigenvalue weighted by Gasteiger charge is 2.62. The van der Waals surface area contributed by atoms with Crippen LogP contribution >= 0.6 is 0 Å². The molecule has 1 heterocycles. The highest BCUT2D eigenvalue weighted by atomic mass is 16.4. The van der Waals surface area contributed by atoms with Crippen LogP contribution in [0, 0.1) is 22.7 Å². The van der Waals surface area contributed by atoms with Crippen LogP contribution in [0.5, 0.6) is 0 Å². The lowest BCUT2D eigenvalue weighted by Crippen LogP contribution is -2.54. The molecule has 0 saturated heterocycles. The fraction of sp³-hybridized carbons (Fsp3) is 0.800. The van der Waals surface area contributed by atoms with Crippen LogP contribution in [0.2, 0.25) is 0 Å². The fourth-order valence-corrected chi connectivity index (χ4v) is 7.89. The molecule has 3 heteroatoms. The van der Waals surface area contributed by atoms with Gasteiger partial charge >= 0.3 is 5.63 Å². The van der Waals surface area contributed by atoms with E-state index >= 15 is 0 Å². The van der Waals surface area contributed by atoms with Gasteiger partial charge in [0.05, 0.1) is 11.9 Å². The number of hydrogen-bond acceptors (Lipinski definition) is 3. The van der Waals surface area contributed by atoms with Gasteiger partial charge in [-0.2, -0.15) is 0 Å². The highest BCUT2D eigenvalue weighted by Crippen LogP contribution is 2.67. The summed E-state index contributed by atoms with van der Waals surface area (Å²) in [5.41, 5.74) is 0.550. The molecule has 0 aromatic carbocycles. The zero-order valence-electron chi connectivity index (χ0n) is 18.0. The largest absolute Gasteiger partial charge is 0.431 e. The second-order valence-corrected chi connectivity index (χ2v) is 10.3. The molecule has 3 nitrogen and oxygen atoms in total. The van der Waals surface area contributed by atoms with Crippen molar-refractivity contribution in [3.05, 3.63) is 34.4 Å². The van der Waals surface area contributed by atoms with Crippen molar-refractivity contribution in [3.8, 4) is 0 Å². The summed E-state index contributed by atoms with van der Waals surface area (Å²) in [5, 5.41) is 12.0. The summed E-state index contributed by atoms with van der Waals surface area (Å²) in [7, 11) is 0. The Labute approximate surface area is 169 Å². The van der Waals surface area contributed by atoms with Crippen LogP contribution in [0.15, 0.2) is 27.6 Å².